The minimum absolute atomic E-state index is 0.0876. The van der Waals surface area contributed by atoms with Gasteiger partial charge in [-0.25, -0.2) is 15.4 Å². The molecule has 1 fully saturated rings. The number of aliphatic imine (C=N–C) groups is 1. The molecule has 1 saturated heterocycles. The summed E-state index contributed by atoms with van der Waals surface area (Å²) in [5, 5.41) is 7.31. The summed E-state index contributed by atoms with van der Waals surface area (Å²) >= 11 is 1.49. The van der Waals surface area contributed by atoms with Crippen molar-refractivity contribution in [3.63, 3.8) is 0 Å². The number of nitrogens with one attached hydrogen (secondary N) is 2. The van der Waals surface area contributed by atoms with Gasteiger partial charge in [0.15, 0.2) is 11.0 Å². The average Bonchev–Trinajstić information content (AvgIpc) is 3.32. The molecular formula is C17H21N5O3S. The van der Waals surface area contributed by atoms with E-state index in [0.29, 0.717) is 24.0 Å². The summed E-state index contributed by atoms with van der Waals surface area (Å²) in [6.07, 6.45) is 2.03. The Kier molecular flexibility index (Phi) is 5.37. The number of nitrogens with zero attached hydrogens (tertiary/aromatic N) is 3. The number of rotatable bonds is 6. The molecule has 0 aliphatic carbocycles. The van der Waals surface area contributed by atoms with E-state index in [0.717, 1.165) is 30.8 Å². The third-order valence-electron chi connectivity index (χ3n) is 4.35. The second-order valence-corrected chi connectivity index (χ2v) is 7.25. The molecule has 0 bridgehead atoms. The Bertz CT molecular complexity index is 813. The summed E-state index contributed by atoms with van der Waals surface area (Å²) in [7, 11) is 0. The number of ether oxygens (including phenoxy) is 1. The molecule has 138 valence electrons. The van der Waals surface area contributed by atoms with Crippen molar-refractivity contribution in [2.24, 2.45) is 4.99 Å². The fourth-order valence-electron chi connectivity index (χ4n) is 2.97. The Morgan fingerprint density at radius 1 is 1.27 bits per heavy atom. The fourth-order valence-corrected chi connectivity index (χ4v) is 3.90. The van der Waals surface area contributed by atoms with Crippen LogP contribution in [0.4, 0.5) is 0 Å². The molecular weight excluding hydrogens is 354 g/mol. The molecule has 0 saturated carbocycles. The van der Waals surface area contributed by atoms with Gasteiger partial charge in [-0.2, -0.15) is 0 Å². The third kappa shape index (κ3) is 4.00. The predicted octanol–water partition coefficient (Wildman–Crippen LogP) is 1.19. The van der Waals surface area contributed by atoms with Crippen LogP contribution in [0, 0.1) is 0 Å². The maximum absolute atomic E-state index is 12.0. The lowest BCUT2D eigenvalue weighted by Crippen LogP contribution is -2.38. The molecule has 2 atom stereocenters. The average molecular weight is 375 g/mol. The first-order chi connectivity index (χ1) is 12.8. The van der Waals surface area contributed by atoms with Crippen molar-refractivity contribution in [1.29, 1.82) is 0 Å². The van der Waals surface area contributed by atoms with E-state index in [-0.39, 0.29) is 17.9 Å². The SMILES string of the molecule is O=c1[nH]nc(SC[C@H]2CN=C(c3ccccc3)NO2)n1C[C@@H]1CCCO1. The predicted molar refractivity (Wildman–Crippen MR) is 98.4 cm³/mol. The molecule has 26 heavy (non-hydrogen) atoms. The summed E-state index contributed by atoms with van der Waals surface area (Å²) in [6, 6.07) is 9.86. The molecule has 0 radical (unpaired) electrons. The highest BCUT2D eigenvalue weighted by molar-refractivity contribution is 7.99. The number of benzene rings is 1. The van der Waals surface area contributed by atoms with Gasteiger partial charge >= 0.3 is 5.69 Å². The lowest BCUT2D eigenvalue weighted by Gasteiger charge is -2.22. The van der Waals surface area contributed by atoms with Gasteiger partial charge in [0.05, 0.1) is 19.2 Å². The van der Waals surface area contributed by atoms with Crippen LogP contribution in [0.25, 0.3) is 0 Å². The van der Waals surface area contributed by atoms with Crippen LogP contribution >= 0.6 is 11.8 Å². The first-order valence-electron chi connectivity index (χ1n) is 8.71. The molecule has 2 aliphatic heterocycles. The molecule has 2 aromatic rings. The maximum Gasteiger partial charge on any atom is 0.344 e. The van der Waals surface area contributed by atoms with E-state index in [2.05, 4.69) is 20.7 Å². The maximum atomic E-state index is 12.0. The van der Waals surface area contributed by atoms with Gasteiger partial charge in [0.1, 0.15) is 6.10 Å². The van der Waals surface area contributed by atoms with Crippen molar-refractivity contribution in [3.8, 4) is 0 Å². The smallest absolute Gasteiger partial charge is 0.344 e. The van der Waals surface area contributed by atoms with Crippen molar-refractivity contribution in [1.82, 2.24) is 20.2 Å². The lowest BCUT2D eigenvalue weighted by atomic mass is 10.2. The monoisotopic (exact) mass is 375 g/mol. The molecule has 0 spiro atoms. The van der Waals surface area contributed by atoms with Gasteiger partial charge in [-0.15, -0.1) is 5.10 Å². The summed E-state index contributed by atoms with van der Waals surface area (Å²) < 4.78 is 7.27. The Morgan fingerprint density at radius 2 is 2.15 bits per heavy atom. The zero-order valence-electron chi connectivity index (χ0n) is 14.3. The molecule has 2 N–H and O–H groups in total. The largest absolute Gasteiger partial charge is 0.376 e. The lowest BCUT2D eigenvalue weighted by molar-refractivity contribution is 0.0212. The van der Waals surface area contributed by atoms with Crippen LogP contribution in [-0.4, -0.2) is 51.7 Å². The van der Waals surface area contributed by atoms with E-state index < -0.39 is 0 Å². The molecule has 1 aromatic heterocycles. The van der Waals surface area contributed by atoms with Gasteiger partial charge in [0.25, 0.3) is 0 Å². The second-order valence-electron chi connectivity index (χ2n) is 6.27. The topological polar surface area (TPSA) is 93.5 Å². The molecule has 3 heterocycles. The molecule has 1 aromatic carbocycles. The van der Waals surface area contributed by atoms with Crippen LogP contribution in [0.5, 0.6) is 0 Å². The number of thioether (sulfide) groups is 1. The molecule has 4 rings (SSSR count). The summed E-state index contributed by atoms with van der Waals surface area (Å²) in [5.74, 6) is 1.39. The number of H-pyrrole nitrogens is 1. The highest BCUT2D eigenvalue weighted by Crippen LogP contribution is 2.20. The van der Waals surface area contributed by atoms with Crippen molar-refractivity contribution in [2.75, 3.05) is 18.9 Å². The second kappa shape index (κ2) is 8.07. The van der Waals surface area contributed by atoms with Crippen molar-refractivity contribution >= 4 is 17.6 Å². The number of hydroxylamine groups is 1. The summed E-state index contributed by atoms with van der Waals surface area (Å²) in [6.45, 7) is 1.87. The number of aromatic amines is 1. The summed E-state index contributed by atoms with van der Waals surface area (Å²) in [4.78, 5) is 22.2. The number of hydrogen-bond donors (Lipinski definition) is 2. The van der Waals surface area contributed by atoms with Gasteiger partial charge in [-0.1, -0.05) is 42.1 Å². The zero-order valence-corrected chi connectivity index (χ0v) is 15.1. The van der Waals surface area contributed by atoms with Crippen molar-refractivity contribution in [2.45, 2.75) is 36.8 Å². The first-order valence-corrected chi connectivity index (χ1v) is 9.69. The molecule has 9 heteroatoms. The standard InChI is InChI=1S/C17H21N5O3S/c23-16-19-20-17(22(16)10-13-7-4-8-24-13)26-11-14-9-18-15(21-25-14)12-5-2-1-3-6-12/h1-3,5-6,13-14H,4,7-11H2,(H,18,21)(H,19,23)/t13-,14+/m0/s1. The van der Waals surface area contributed by atoms with E-state index >= 15 is 0 Å². The first kappa shape index (κ1) is 17.3. The minimum atomic E-state index is -0.199. The van der Waals surface area contributed by atoms with Crippen molar-refractivity contribution < 1.29 is 9.57 Å². The normalized spacial score (nSPS) is 22.8. The van der Waals surface area contributed by atoms with E-state index in [1.807, 2.05) is 30.3 Å². The van der Waals surface area contributed by atoms with Gasteiger partial charge in [0.2, 0.25) is 0 Å². The van der Waals surface area contributed by atoms with Crippen molar-refractivity contribution in [3.05, 3.63) is 46.4 Å². The van der Waals surface area contributed by atoms with E-state index in [1.54, 1.807) is 4.57 Å². The molecule has 0 amide bonds. The van der Waals surface area contributed by atoms with E-state index in [4.69, 9.17) is 9.57 Å². The highest BCUT2D eigenvalue weighted by Gasteiger charge is 2.22. The van der Waals surface area contributed by atoms with Crippen LogP contribution in [0.3, 0.4) is 0 Å². The van der Waals surface area contributed by atoms with Crippen LogP contribution in [0.1, 0.15) is 18.4 Å². The van der Waals surface area contributed by atoms with Gasteiger partial charge < -0.3 is 4.74 Å². The fraction of sp³-hybridized carbons (Fsp3) is 0.471. The minimum Gasteiger partial charge on any atom is -0.376 e. The van der Waals surface area contributed by atoms with E-state index in [1.165, 1.54) is 11.8 Å². The number of aromatic nitrogens is 3. The van der Waals surface area contributed by atoms with Crippen LogP contribution in [-0.2, 0) is 16.1 Å². The van der Waals surface area contributed by atoms with Gasteiger partial charge in [-0.3, -0.25) is 14.4 Å². The van der Waals surface area contributed by atoms with Crippen LogP contribution in [0.15, 0.2) is 45.3 Å². The Morgan fingerprint density at radius 3 is 2.88 bits per heavy atom. The highest BCUT2D eigenvalue weighted by atomic mass is 32.2. The third-order valence-corrected chi connectivity index (χ3v) is 5.46. The number of hydrogen-bond acceptors (Lipinski definition) is 7. The Labute approximate surface area is 154 Å². The quantitative estimate of drug-likeness (QED) is 0.737. The number of amidine groups is 1. The van der Waals surface area contributed by atoms with E-state index in [9.17, 15) is 4.79 Å². The van der Waals surface area contributed by atoms with Crippen LogP contribution < -0.4 is 11.2 Å². The molecule has 2 aliphatic rings. The van der Waals surface area contributed by atoms with Gasteiger partial charge in [-0.05, 0) is 12.8 Å². The zero-order chi connectivity index (χ0) is 17.8. The van der Waals surface area contributed by atoms with Crippen LogP contribution in [0.2, 0.25) is 0 Å². The Hall–Kier alpha value is -2.10. The summed E-state index contributed by atoms with van der Waals surface area (Å²) in [5.41, 5.74) is 3.72. The van der Waals surface area contributed by atoms with Gasteiger partial charge in [0, 0.05) is 17.9 Å². The molecule has 8 nitrogen and oxygen atoms in total. The molecule has 0 unspecified atom stereocenters. The Balaban J connectivity index is 1.34.